The van der Waals surface area contributed by atoms with Gasteiger partial charge in [-0.3, -0.25) is 9.69 Å². The van der Waals surface area contributed by atoms with E-state index in [-0.39, 0.29) is 17.9 Å². The SMILES string of the molecule is COC(=O)[C@@]12C[C@H]3C[C@H]([C@H](C)O)[C@@H]1N(CCc1c2[nH]c2cc(OC)c(OC)cc12)C3. The fraction of sp³-hybridized carbons (Fsp3) is 0.609. The van der Waals surface area contributed by atoms with Gasteiger partial charge < -0.3 is 24.3 Å². The van der Waals surface area contributed by atoms with Gasteiger partial charge in [-0.25, -0.2) is 0 Å². The molecule has 2 saturated heterocycles. The summed E-state index contributed by atoms with van der Waals surface area (Å²) in [6, 6.07) is 3.87. The quantitative estimate of drug-likeness (QED) is 0.747. The number of benzene rings is 1. The van der Waals surface area contributed by atoms with Gasteiger partial charge in [-0.05, 0) is 43.7 Å². The smallest absolute Gasteiger partial charge is 0.319 e. The van der Waals surface area contributed by atoms with Gasteiger partial charge >= 0.3 is 5.97 Å². The highest BCUT2D eigenvalue weighted by Gasteiger charge is 2.63. The molecule has 1 saturated carbocycles. The molecule has 1 unspecified atom stereocenters. The second kappa shape index (κ2) is 6.89. The number of aromatic nitrogens is 1. The van der Waals surface area contributed by atoms with E-state index in [1.165, 1.54) is 7.11 Å². The van der Waals surface area contributed by atoms with E-state index < -0.39 is 11.5 Å². The third-order valence-electron chi connectivity index (χ3n) is 7.69. The zero-order valence-electron chi connectivity index (χ0n) is 18.0. The molecule has 4 heterocycles. The van der Waals surface area contributed by atoms with Crippen LogP contribution in [0.1, 0.15) is 31.0 Å². The Balaban J connectivity index is 1.79. The molecular formula is C23H30N2O5. The van der Waals surface area contributed by atoms with Gasteiger partial charge in [0.25, 0.3) is 0 Å². The zero-order valence-corrected chi connectivity index (χ0v) is 18.0. The predicted molar refractivity (Wildman–Crippen MR) is 112 cm³/mol. The second-order valence-corrected chi connectivity index (χ2v) is 9.09. The molecule has 6 rings (SSSR count). The van der Waals surface area contributed by atoms with Crippen LogP contribution in [0, 0.1) is 11.8 Å². The lowest BCUT2D eigenvalue weighted by Gasteiger charge is -2.58. The summed E-state index contributed by atoms with van der Waals surface area (Å²) in [4.78, 5) is 19.5. The van der Waals surface area contributed by atoms with E-state index in [9.17, 15) is 9.90 Å². The minimum absolute atomic E-state index is 0.0398. The van der Waals surface area contributed by atoms with Crippen molar-refractivity contribution in [1.82, 2.24) is 9.88 Å². The fourth-order valence-electron chi connectivity index (χ4n) is 6.61. The Morgan fingerprint density at radius 3 is 2.67 bits per heavy atom. The van der Waals surface area contributed by atoms with Crippen LogP contribution in [0.3, 0.4) is 0 Å². The van der Waals surface area contributed by atoms with Crippen LogP contribution < -0.4 is 9.47 Å². The summed E-state index contributed by atoms with van der Waals surface area (Å²) in [5, 5.41) is 11.7. The van der Waals surface area contributed by atoms with Crippen molar-refractivity contribution in [3.63, 3.8) is 0 Å². The molecule has 6 atom stereocenters. The van der Waals surface area contributed by atoms with E-state index in [4.69, 9.17) is 14.2 Å². The number of nitrogens with one attached hydrogen (secondary N) is 1. The Labute approximate surface area is 176 Å². The molecule has 3 fully saturated rings. The van der Waals surface area contributed by atoms with Crippen LogP contribution in [-0.4, -0.2) is 67.5 Å². The number of aliphatic hydroxyl groups is 1. The maximum atomic E-state index is 13.5. The third kappa shape index (κ3) is 2.48. The van der Waals surface area contributed by atoms with Crippen molar-refractivity contribution >= 4 is 16.9 Å². The minimum Gasteiger partial charge on any atom is -0.493 e. The van der Waals surface area contributed by atoms with Gasteiger partial charge in [0.1, 0.15) is 5.41 Å². The highest BCUT2D eigenvalue weighted by atomic mass is 16.5. The molecule has 1 aliphatic carbocycles. The lowest BCUT2D eigenvalue weighted by molar-refractivity contribution is -0.166. The molecule has 3 aliphatic heterocycles. The predicted octanol–water partition coefficient (Wildman–Crippen LogP) is 2.24. The maximum Gasteiger partial charge on any atom is 0.319 e. The molecule has 2 aromatic rings. The number of carbonyl (C=O) groups is 1. The number of hydrogen-bond donors (Lipinski definition) is 2. The van der Waals surface area contributed by atoms with Crippen molar-refractivity contribution in [2.75, 3.05) is 34.4 Å². The van der Waals surface area contributed by atoms with Crippen molar-refractivity contribution in [3.05, 3.63) is 23.4 Å². The van der Waals surface area contributed by atoms with E-state index in [2.05, 4.69) is 9.88 Å². The normalized spacial score (nSPS) is 33.0. The summed E-state index contributed by atoms with van der Waals surface area (Å²) in [6.45, 7) is 3.69. The molecule has 0 amide bonds. The number of nitrogens with zero attached hydrogens (tertiary/aromatic N) is 1. The van der Waals surface area contributed by atoms with E-state index in [1.807, 2.05) is 19.1 Å². The lowest BCUT2D eigenvalue weighted by atomic mass is 9.56. The first-order valence-electron chi connectivity index (χ1n) is 10.7. The van der Waals surface area contributed by atoms with Crippen molar-refractivity contribution in [2.45, 2.75) is 43.7 Å². The molecule has 162 valence electrons. The van der Waals surface area contributed by atoms with Crippen molar-refractivity contribution in [2.24, 2.45) is 11.8 Å². The number of H-pyrrole nitrogens is 1. The Kier molecular flexibility index (Phi) is 4.52. The molecular weight excluding hydrogens is 384 g/mol. The number of esters is 1. The van der Waals surface area contributed by atoms with Gasteiger partial charge in [-0.1, -0.05) is 0 Å². The number of hydrogen-bond acceptors (Lipinski definition) is 6. The highest BCUT2D eigenvalue weighted by molar-refractivity contribution is 5.93. The Hall–Kier alpha value is -2.25. The number of aromatic amines is 1. The summed E-state index contributed by atoms with van der Waals surface area (Å²) in [7, 11) is 4.73. The second-order valence-electron chi connectivity index (χ2n) is 9.09. The van der Waals surface area contributed by atoms with Crippen LogP contribution in [0.25, 0.3) is 10.9 Å². The topological polar surface area (TPSA) is 84.0 Å². The highest BCUT2D eigenvalue weighted by Crippen LogP contribution is 2.55. The molecule has 0 radical (unpaired) electrons. The zero-order chi connectivity index (χ0) is 21.2. The number of fused-ring (bicyclic) bond motifs is 4. The number of carbonyl (C=O) groups excluding carboxylic acids is 1. The molecule has 30 heavy (non-hydrogen) atoms. The first kappa shape index (κ1) is 19.7. The first-order chi connectivity index (χ1) is 14.4. The molecule has 1 aromatic heterocycles. The van der Waals surface area contributed by atoms with E-state index >= 15 is 0 Å². The van der Waals surface area contributed by atoms with Crippen LogP contribution in [0.5, 0.6) is 11.5 Å². The minimum atomic E-state index is -0.803. The number of aliphatic hydroxyl groups excluding tert-OH is 1. The number of methoxy groups -OCH3 is 3. The number of piperidine rings is 2. The summed E-state index contributed by atoms with van der Waals surface area (Å²) in [5.41, 5.74) is 2.23. The Morgan fingerprint density at radius 1 is 1.27 bits per heavy atom. The maximum absolute atomic E-state index is 13.5. The molecule has 7 heteroatoms. The molecule has 1 aromatic carbocycles. The first-order valence-corrected chi connectivity index (χ1v) is 10.7. The van der Waals surface area contributed by atoms with Gasteiger partial charge in [0.2, 0.25) is 0 Å². The third-order valence-corrected chi connectivity index (χ3v) is 7.69. The summed E-state index contributed by atoms with van der Waals surface area (Å²) < 4.78 is 16.5. The van der Waals surface area contributed by atoms with Crippen LogP contribution in [0.4, 0.5) is 0 Å². The molecule has 4 bridgehead atoms. The Morgan fingerprint density at radius 2 is 2.00 bits per heavy atom. The summed E-state index contributed by atoms with van der Waals surface area (Å²) >= 11 is 0. The molecule has 4 aliphatic rings. The van der Waals surface area contributed by atoms with Gasteiger partial charge in [0, 0.05) is 47.7 Å². The summed E-state index contributed by atoms with van der Waals surface area (Å²) in [6.07, 6.45) is 2.06. The van der Waals surface area contributed by atoms with Crippen LogP contribution in [0.2, 0.25) is 0 Å². The largest absolute Gasteiger partial charge is 0.493 e. The monoisotopic (exact) mass is 414 g/mol. The lowest BCUT2D eigenvalue weighted by Crippen LogP contribution is -2.68. The number of rotatable bonds is 4. The van der Waals surface area contributed by atoms with Crippen molar-refractivity contribution in [1.29, 1.82) is 0 Å². The molecule has 7 nitrogen and oxygen atoms in total. The molecule has 2 N–H and O–H groups in total. The average molecular weight is 415 g/mol. The Bertz CT molecular complexity index is 999. The molecule has 0 spiro atoms. The van der Waals surface area contributed by atoms with Crippen LogP contribution >= 0.6 is 0 Å². The van der Waals surface area contributed by atoms with Gasteiger partial charge in [-0.15, -0.1) is 0 Å². The number of ether oxygens (including phenoxy) is 3. The van der Waals surface area contributed by atoms with E-state index in [1.54, 1.807) is 14.2 Å². The van der Waals surface area contributed by atoms with Crippen molar-refractivity contribution < 1.29 is 24.1 Å². The van der Waals surface area contributed by atoms with E-state index in [0.29, 0.717) is 17.4 Å². The van der Waals surface area contributed by atoms with Crippen LogP contribution in [-0.2, 0) is 21.4 Å². The summed E-state index contributed by atoms with van der Waals surface area (Å²) in [5.74, 6) is 1.52. The van der Waals surface area contributed by atoms with Gasteiger partial charge in [0.05, 0.1) is 27.4 Å². The van der Waals surface area contributed by atoms with Crippen molar-refractivity contribution in [3.8, 4) is 11.5 Å². The average Bonchev–Trinajstić information content (AvgIpc) is 3.08. The van der Waals surface area contributed by atoms with Gasteiger partial charge in [-0.2, -0.15) is 0 Å². The standard InChI is InChI=1S/C23H30N2O5/c1-12(26)15-7-13-10-23(22(27)30-4)20-14(5-6-25(11-13)21(15)23)16-8-18(28-2)19(29-3)9-17(16)24-20/h8-9,12-13,15,21,24,26H,5-7,10-11H2,1-4H3/t12-,13+,15+,21-,23+/m0/s1. The van der Waals surface area contributed by atoms with Gasteiger partial charge in [0.15, 0.2) is 11.5 Å². The fourth-order valence-corrected chi connectivity index (χ4v) is 6.61. The van der Waals surface area contributed by atoms with Crippen LogP contribution in [0.15, 0.2) is 12.1 Å². The van der Waals surface area contributed by atoms with E-state index in [0.717, 1.165) is 54.5 Å².